The van der Waals surface area contributed by atoms with Crippen LogP contribution < -0.4 is 0 Å². The second kappa shape index (κ2) is 6.30. The minimum atomic E-state index is 0.217. The van der Waals surface area contributed by atoms with Gasteiger partial charge in [0, 0.05) is 32.0 Å². The zero-order chi connectivity index (χ0) is 10.4. The molecular weight excluding hydrogens is 198 g/mol. The number of aliphatic hydroxyl groups excluding tert-OH is 1. The van der Waals surface area contributed by atoms with Gasteiger partial charge in [0.15, 0.2) is 0 Å². The summed E-state index contributed by atoms with van der Waals surface area (Å²) in [5, 5.41) is 8.94. The summed E-state index contributed by atoms with van der Waals surface area (Å²) in [7, 11) is 0. The minimum absolute atomic E-state index is 0.217. The molecule has 1 aliphatic heterocycles. The maximum Gasteiger partial charge on any atom is 0.222 e. The van der Waals surface area contributed by atoms with E-state index in [0.717, 1.165) is 31.7 Å². The molecule has 0 bridgehead atoms. The third kappa shape index (κ3) is 3.50. The molecule has 82 valence electrons. The van der Waals surface area contributed by atoms with Crippen molar-refractivity contribution >= 4 is 17.7 Å². The standard InChI is InChI=1S/C10H19NO2S/c1-14-6-2-3-10(13)11-5-4-9(7-11)8-12/h9,12H,2-8H2,1H3. The van der Waals surface area contributed by atoms with Gasteiger partial charge in [0.05, 0.1) is 0 Å². The Balaban J connectivity index is 2.18. The van der Waals surface area contributed by atoms with Gasteiger partial charge in [-0.25, -0.2) is 0 Å². The Bertz CT molecular complexity index is 187. The van der Waals surface area contributed by atoms with E-state index in [4.69, 9.17) is 5.11 Å². The predicted octanol–water partition coefficient (Wildman–Crippen LogP) is 0.970. The van der Waals surface area contributed by atoms with Crippen molar-refractivity contribution < 1.29 is 9.90 Å². The van der Waals surface area contributed by atoms with Gasteiger partial charge in [-0.3, -0.25) is 4.79 Å². The van der Waals surface area contributed by atoms with E-state index in [-0.39, 0.29) is 12.5 Å². The lowest BCUT2D eigenvalue weighted by atomic mass is 10.1. The molecule has 1 unspecified atom stereocenters. The summed E-state index contributed by atoms with van der Waals surface area (Å²) in [5.74, 6) is 1.64. The van der Waals surface area contributed by atoms with Crippen LogP contribution in [-0.2, 0) is 4.79 Å². The first kappa shape index (κ1) is 11.9. The summed E-state index contributed by atoms with van der Waals surface area (Å²) in [5.41, 5.74) is 0. The lowest BCUT2D eigenvalue weighted by molar-refractivity contribution is -0.130. The molecule has 14 heavy (non-hydrogen) atoms. The Hall–Kier alpha value is -0.220. The van der Waals surface area contributed by atoms with Gasteiger partial charge >= 0.3 is 0 Å². The molecule has 1 rings (SSSR count). The molecule has 1 amide bonds. The summed E-state index contributed by atoms with van der Waals surface area (Å²) in [6, 6.07) is 0. The van der Waals surface area contributed by atoms with Crippen molar-refractivity contribution in [3.63, 3.8) is 0 Å². The number of rotatable bonds is 5. The summed E-state index contributed by atoms with van der Waals surface area (Å²) in [6.07, 6.45) is 4.66. The van der Waals surface area contributed by atoms with Crippen LogP contribution in [0, 0.1) is 5.92 Å². The van der Waals surface area contributed by atoms with Gasteiger partial charge in [-0.05, 0) is 24.9 Å². The van der Waals surface area contributed by atoms with E-state index < -0.39 is 0 Å². The summed E-state index contributed by atoms with van der Waals surface area (Å²) in [6.45, 7) is 1.81. The molecule has 0 radical (unpaired) electrons. The highest BCUT2D eigenvalue weighted by Crippen LogP contribution is 2.16. The second-order valence-corrected chi connectivity index (χ2v) is 4.76. The molecule has 0 aliphatic carbocycles. The highest BCUT2D eigenvalue weighted by atomic mass is 32.2. The normalized spacial score (nSPS) is 21.6. The number of amides is 1. The monoisotopic (exact) mass is 217 g/mol. The maximum atomic E-state index is 11.6. The Labute approximate surface area is 89.9 Å². The second-order valence-electron chi connectivity index (χ2n) is 3.77. The van der Waals surface area contributed by atoms with E-state index in [2.05, 4.69) is 6.26 Å². The van der Waals surface area contributed by atoms with Crippen LogP contribution >= 0.6 is 11.8 Å². The Kier molecular flexibility index (Phi) is 5.33. The third-order valence-electron chi connectivity index (χ3n) is 2.64. The zero-order valence-electron chi connectivity index (χ0n) is 8.74. The highest BCUT2D eigenvalue weighted by Gasteiger charge is 2.24. The number of nitrogens with zero attached hydrogens (tertiary/aromatic N) is 1. The average molecular weight is 217 g/mol. The fraction of sp³-hybridized carbons (Fsp3) is 0.900. The van der Waals surface area contributed by atoms with Crippen molar-refractivity contribution in [3.8, 4) is 0 Å². The number of hydrogen-bond donors (Lipinski definition) is 1. The summed E-state index contributed by atoms with van der Waals surface area (Å²) >= 11 is 1.78. The fourth-order valence-corrected chi connectivity index (χ4v) is 2.17. The third-order valence-corrected chi connectivity index (χ3v) is 3.33. The van der Waals surface area contributed by atoms with E-state index in [1.807, 2.05) is 4.90 Å². The highest BCUT2D eigenvalue weighted by molar-refractivity contribution is 7.98. The van der Waals surface area contributed by atoms with Crippen LogP contribution in [0.5, 0.6) is 0 Å². The number of carbonyl (C=O) groups excluding carboxylic acids is 1. The molecule has 0 aromatic carbocycles. The first-order chi connectivity index (χ1) is 6.77. The largest absolute Gasteiger partial charge is 0.396 e. The van der Waals surface area contributed by atoms with Gasteiger partial charge < -0.3 is 10.0 Å². The molecule has 1 N–H and O–H groups in total. The molecule has 0 spiro atoms. The van der Waals surface area contributed by atoms with E-state index >= 15 is 0 Å². The Morgan fingerprint density at radius 1 is 1.64 bits per heavy atom. The van der Waals surface area contributed by atoms with E-state index in [1.54, 1.807) is 11.8 Å². The van der Waals surface area contributed by atoms with Crippen LogP contribution in [0.15, 0.2) is 0 Å². The van der Waals surface area contributed by atoms with E-state index in [9.17, 15) is 4.79 Å². The summed E-state index contributed by atoms with van der Waals surface area (Å²) in [4.78, 5) is 13.5. The molecule has 4 heteroatoms. The van der Waals surface area contributed by atoms with Gasteiger partial charge in [-0.1, -0.05) is 0 Å². The lowest BCUT2D eigenvalue weighted by Gasteiger charge is -2.15. The van der Waals surface area contributed by atoms with Crippen molar-refractivity contribution in [3.05, 3.63) is 0 Å². The number of hydrogen-bond acceptors (Lipinski definition) is 3. The van der Waals surface area contributed by atoms with Crippen molar-refractivity contribution in [1.29, 1.82) is 0 Å². The van der Waals surface area contributed by atoms with Gasteiger partial charge in [0.2, 0.25) is 5.91 Å². The first-order valence-corrected chi connectivity index (χ1v) is 6.55. The van der Waals surface area contributed by atoms with Gasteiger partial charge in [-0.15, -0.1) is 0 Å². The van der Waals surface area contributed by atoms with Crippen LogP contribution in [-0.4, -0.2) is 47.6 Å². The van der Waals surface area contributed by atoms with Crippen LogP contribution in [0.1, 0.15) is 19.3 Å². The van der Waals surface area contributed by atoms with E-state index in [0.29, 0.717) is 12.3 Å². The van der Waals surface area contributed by atoms with Crippen molar-refractivity contribution in [2.24, 2.45) is 5.92 Å². The maximum absolute atomic E-state index is 11.6. The van der Waals surface area contributed by atoms with Gasteiger partial charge in [-0.2, -0.15) is 11.8 Å². The van der Waals surface area contributed by atoms with Gasteiger partial charge in [0.1, 0.15) is 0 Å². The predicted molar refractivity (Wildman–Crippen MR) is 59.4 cm³/mol. The Morgan fingerprint density at radius 3 is 3.00 bits per heavy atom. The molecule has 1 aliphatic rings. The number of aliphatic hydroxyl groups is 1. The van der Waals surface area contributed by atoms with Crippen LogP contribution in [0.4, 0.5) is 0 Å². The van der Waals surface area contributed by atoms with Crippen LogP contribution in [0.2, 0.25) is 0 Å². The zero-order valence-corrected chi connectivity index (χ0v) is 9.55. The fourth-order valence-electron chi connectivity index (χ4n) is 1.73. The molecule has 0 aromatic rings. The smallest absolute Gasteiger partial charge is 0.222 e. The molecule has 1 fully saturated rings. The Morgan fingerprint density at radius 2 is 2.43 bits per heavy atom. The van der Waals surface area contributed by atoms with Crippen LogP contribution in [0.25, 0.3) is 0 Å². The first-order valence-electron chi connectivity index (χ1n) is 5.15. The molecular formula is C10H19NO2S. The minimum Gasteiger partial charge on any atom is -0.396 e. The molecule has 0 saturated carbocycles. The van der Waals surface area contributed by atoms with Gasteiger partial charge in [0.25, 0.3) is 0 Å². The van der Waals surface area contributed by atoms with Crippen molar-refractivity contribution in [2.75, 3.05) is 31.7 Å². The topological polar surface area (TPSA) is 40.5 Å². The quantitative estimate of drug-likeness (QED) is 0.698. The molecule has 1 heterocycles. The molecule has 1 saturated heterocycles. The lowest BCUT2D eigenvalue weighted by Crippen LogP contribution is -2.28. The number of likely N-dealkylation sites (tertiary alicyclic amines) is 1. The summed E-state index contributed by atoms with van der Waals surface area (Å²) < 4.78 is 0. The van der Waals surface area contributed by atoms with Crippen LogP contribution in [0.3, 0.4) is 0 Å². The molecule has 1 atom stereocenters. The number of thioether (sulfide) groups is 1. The average Bonchev–Trinajstić information content (AvgIpc) is 2.66. The van der Waals surface area contributed by atoms with E-state index in [1.165, 1.54) is 0 Å². The molecule has 0 aromatic heterocycles. The SMILES string of the molecule is CSCCCC(=O)N1CCC(CO)C1. The van der Waals surface area contributed by atoms with Crippen molar-refractivity contribution in [1.82, 2.24) is 4.90 Å². The number of carbonyl (C=O) groups is 1. The molecule has 3 nitrogen and oxygen atoms in total. The van der Waals surface area contributed by atoms with Crippen molar-refractivity contribution in [2.45, 2.75) is 19.3 Å².